The normalized spacial score (nSPS) is 19.8. The molecule has 2 aliphatic rings. The minimum absolute atomic E-state index is 0.143. The van der Waals surface area contributed by atoms with Gasteiger partial charge < -0.3 is 25.0 Å². The Morgan fingerprint density at radius 1 is 1.19 bits per heavy atom. The highest BCUT2D eigenvalue weighted by molar-refractivity contribution is 5.86. The van der Waals surface area contributed by atoms with E-state index in [9.17, 15) is 4.79 Å². The number of methoxy groups -OCH3 is 1. The fourth-order valence-corrected chi connectivity index (χ4v) is 4.69. The van der Waals surface area contributed by atoms with E-state index in [1.54, 1.807) is 14.2 Å². The van der Waals surface area contributed by atoms with Gasteiger partial charge in [0.1, 0.15) is 0 Å². The van der Waals surface area contributed by atoms with Crippen LogP contribution in [0.2, 0.25) is 0 Å². The van der Waals surface area contributed by atoms with Crippen LogP contribution in [0.4, 0.5) is 0 Å². The van der Waals surface area contributed by atoms with Crippen molar-refractivity contribution in [2.45, 2.75) is 38.0 Å². The van der Waals surface area contributed by atoms with E-state index in [1.807, 2.05) is 35.2 Å². The van der Waals surface area contributed by atoms with E-state index >= 15 is 0 Å². The molecule has 1 saturated heterocycles. The number of hydrogen-bond acceptors (Lipinski definition) is 4. The van der Waals surface area contributed by atoms with Gasteiger partial charge in [-0.25, -0.2) is 0 Å². The second-order valence-electron chi connectivity index (χ2n) is 8.66. The molecule has 2 fully saturated rings. The summed E-state index contributed by atoms with van der Waals surface area (Å²) in [5.41, 5.74) is 1.30. The molecular formula is C24H38N4O3. The number of morpholine rings is 1. The molecule has 1 aliphatic carbocycles. The molecule has 1 amide bonds. The molecule has 7 nitrogen and oxygen atoms in total. The highest BCUT2D eigenvalue weighted by Crippen LogP contribution is 2.40. The van der Waals surface area contributed by atoms with E-state index in [-0.39, 0.29) is 17.2 Å². The molecule has 0 aromatic heterocycles. The molecule has 7 heteroatoms. The quantitative estimate of drug-likeness (QED) is 0.465. The SMILES string of the molecule is CN=C(NCC(C(=O)N1CCOCC1)c1ccccc1)NCC1(CCOC)CCCC1. The maximum absolute atomic E-state index is 13.3. The summed E-state index contributed by atoms with van der Waals surface area (Å²) in [6.45, 7) is 4.68. The molecule has 172 valence electrons. The largest absolute Gasteiger partial charge is 0.385 e. The molecule has 1 atom stereocenters. The summed E-state index contributed by atoms with van der Waals surface area (Å²) in [5, 5.41) is 6.94. The summed E-state index contributed by atoms with van der Waals surface area (Å²) in [6, 6.07) is 10.0. The number of nitrogens with zero attached hydrogens (tertiary/aromatic N) is 2. The van der Waals surface area contributed by atoms with Gasteiger partial charge in [0.25, 0.3) is 0 Å². The van der Waals surface area contributed by atoms with Crippen molar-refractivity contribution in [1.82, 2.24) is 15.5 Å². The second kappa shape index (κ2) is 12.1. The van der Waals surface area contributed by atoms with Crippen molar-refractivity contribution < 1.29 is 14.3 Å². The summed E-state index contributed by atoms with van der Waals surface area (Å²) in [6.07, 6.45) is 6.07. The van der Waals surface area contributed by atoms with Crippen LogP contribution in [0, 0.1) is 5.41 Å². The van der Waals surface area contributed by atoms with Gasteiger partial charge >= 0.3 is 0 Å². The highest BCUT2D eigenvalue weighted by Gasteiger charge is 2.34. The van der Waals surface area contributed by atoms with Crippen molar-refractivity contribution in [3.63, 3.8) is 0 Å². The average molecular weight is 431 g/mol. The molecule has 2 N–H and O–H groups in total. The first kappa shape index (κ1) is 23.5. The minimum atomic E-state index is -0.258. The number of aliphatic imine (C=N–C) groups is 1. The first-order valence-electron chi connectivity index (χ1n) is 11.5. The Bertz CT molecular complexity index is 698. The van der Waals surface area contributed by atoms with E-state index in [0.29, 0.717) is 32.8 Å². The number of nitrogens with one attached hydrogen (secondary N) is 2. The van der Waals surface area contributed by atoms with Crippen molar-refractivity contribution in [1.29, 1.82) is 0 Å². The molecule has 1 saturated carbocycles. The summed E-state index contributed by atoms with van der Waals surface area (Å²) >= 11 is 0. The first-order chi connectivity index (χ1) is 15.2. The van der Waals surface area contributed by atoms with Gasteiger partial charge in [0.2, 0.25) is 5.91 Å². The van der Waals surface area contributed by atoms with Crippen LogP contribution in [-0.4, -0.2) is 76.9 Å². The van der Waals surface area contributed by atoms with Crippen molar-refractivity contribution in [3.05, 3.63) is 35.9 Å². The monoisotopic (exact) mass is 430 g/mol. The third-order valence-electron chi connectivity index (χ3n) is 6.65. The van der Waals surface area contributed by atoms with E-state index in [4.69, 9.17) is 9.47 Å². The van der Waals surface area contributed by atoms with E-state index < -0.39 is 0 Å². The molecule has 1 heterocycles. The Labute approximate surface area is 186 Å². The van der Waals surface area contributed by atoms with Gasteiger partial charge in [-0.3, -0.25) is 9.79 Å². The molecule has 1 aromatic rings. The number of ether oxygens (including phenoxy) is 2. The lowest BCUT2D eigenvalue weighted by atomic mass is 9.83. The molecule has 31 heavy (non-hydrogen) atoms. The zero-order chi connectivity index (χ0) is 21.9. The molecule has 0 radical (unpaired) electrons. The van der Waals surface area contributed by atoms with E-state index in [0.717, 1.165) is 31.1 Å². The molecule has 1 unspecified atom stereocenters. The third kappa shape index (κ3) is 6.68. The van der Waals surface area contributed by atoms with Crippen molar-refractivity contribution in [3.8, 4) is 0 Å². The molecule has 1 aliphatic heterocycles. The molecule has 3 rings (SSSR count). The fourth-order valence-electron chi connectivity index (χ4n) is 4.69. The maximum Gasteiger partial charge on any atom is 0.232 e. The number of carbonyl (C=O) groups excluding carboxylic acids is 1. The Morgan fingerprint density at radius 3 is 2.55 bits per heavy atom. The van der Waals surface area contributed by atoms with Crippen molar-refractivity contribution >= 4 is 11.9 Å². The Hall–Kier alpha value is -2.12. The summed E-state index contributed by atoms with van der Waals surface area (Å²) in [4.78, 5) is 19.6. The van der Waals surface area contributed by atoms with Crippen LogP contribution >= 0.6 is 0 Å². The first-order valence-corrected chi connectivity index (χ1v) is 11.5. The smallest absolute Gasteiger partial charge is 0.232 e. The minimum Gasteiger partial charge on any atom is -0.385 e. The number of hydrogen-bond donors (Lipinski definition) is 2. The third-order valence-corrected chi connectivity index (χ3v) is 6.65. The van der Waals surface area contributed by atoms with E-state index in [2.05, 4.69) is 15.6 Å². The van der Waals surface area contributed by atoms with E-state index in [1.165, 1.54) is 25.7 Å². The van der Waals surface area contributed by atoms with Crippen LogP contribution < -0.4 is 10.6 Å². The van der Waals surface area contributed by atoms with Crippen LogP contribution in [0.3, 0.4) is 0 Å². The number of guanidine groups is 1. The van der Waals surface area contributed by atoms with Gasteiger partial charge in [-0.1, -0.05) is 43.2 Å². The summed E-state index contributed by atoms with van der Waals surface area (Å²) in [5.74, 6) is 0.635. The topological polar surface area (TPSA) is 75.2 Å². The van der Waals surface area contributed by atoms with Gasteiger partial charge in [-0.05, 0) is 30.2 Å². The number of rotatable bonds is 9. The zero-order valence-corrected chi connectivity index (χ0v) is 19.1. The predicted molar refractivity (Wildman–Crippen MR) is 123 cm³/mol. The van der Waals surface area contributed by atoms with Gasteiger partial charge in [-0.2, -0.15) is 0 Å². The fraction of sp³-hybridized carbons (Fsp3) is 0.667. The highest BCUT2D eigenvalue weighted by atomic mass is 16.5. The number of benzene rings is 1. The molecule has 0 spiro atoms. The lowest BCUT2D eigenvalue weighted by Crippen LogP contribution is -2.48. The Kier molecular flexibility index (Phi) is 9.15. The summed E-state index contributed by atoms with van der Waals surface area (Å²) in [7, 11) is 3.55. The predicted octanol–water partition coefficient (Wildman–Crippen LogP) is 2.39. The Balaban J connectivity index is 1.61. The van der Waals surface area contributed by atoms with Gasteiger partial charge in [0.15, 0.2) is 5.96 Å². The lowest BCUT2D eigenvalue weighted by molar-refractivity contribution is -0.136. The van der Waals surface area contributed by atoms with Crippen molar-refractivity contribution in [2.24, 2.45) is 10.4 Å². The van der Waals surface area contributed by atoms with Crippen LogP contribution in [0.15, 0.2) is 35.3 Å². The van der Waals surface area contributed by atoms with Crippen LogP contribution in [0.1, 0.15) is 43.6 Å². The van der Waals surface area contributed by atoms with Crippen LogP contribution in [0.5, 0.6) is 0 Å². The van der Waals surface area contributed by atoms with Crippen LogP contribution in [-0.2, 0) is 14.3 Å². The summed E-state index contributed by atoms with van der Waals surface area (Å²) < 4.78 is 10.8. The van der Waals surface area contributed by atoms with Gasteiger partial charge in [0.05, 0.1) is 19.1 Å². The van der Waals surface area contributed by atoms with Crippen LogP contribution in [0.25, 0.3) is 0 Å². The molecule has 0 bridgehead atoms. The number of amides is 1. The standard InChI is InChI=1S/C24H38N4O3/c1-25-23(27-19-24(12-15-30-2)10-6-7-11-24)26-18-21(20-8-4-3-5-9-20)22(29)28-13-16-31-17-14-28/h3-5,8-9,21H,6-7,10-19H2,1-2H3,(H2,25,26,27). The zero-order valence-electron chi connectivity index (χ0n) is 19.1. The van der Waals surface area contributed by atoms with Gasteiger partial charge in [-0.15, -0.1) is 0 Å². The maximum atomic E-state index is 13.3. The molecule has 1 aromatic carbocycles. The average Bonchev–Trinajstić information content (AvgIpc) is 3.30. The van der Waals surface area contributed by atoms with Crippen molar-refractivity contribution in [2.75, 3.05) is 60.2 Å². The number of carbonyl (C=O) groups is 1. The molecular weight excluding hydrogens is 392 g/mol. The second-order valence-corrected chi connectivity index (χ2v) is 8.66. The Morgan fingerprint density at radius 2 is 1.90 bits per heavy atom. The van der Waals surface area contributed by atoms with Gasteiger partial charge in [0, 0.05) is 46.9 Å². The lowest BCUT2D eigenvalue weighted by Gasteiger charge is -2.32.